The third-order valence-corrected chi connectivity index (χ3v) is 3.29. The molecule has 1 fully saturated rings. The molecule has 1 aliphatic rings. The first-order chi connectivity index (χ1) is 7.45. The molecule has 1 aliphatic carbocycles. The normalized spacial score (nSPS) is 16.3. The standard InChI is InChI=1S/C13H20N2/c1-2-12(3-1)4-8-14-9-5-13-6-10-15-11-7-13/h6-7,10-12,14H,1-5,8-9H2. The quantitative estimate of drug-likeness (QED) is 0.720. The van der Waals surface area contributed by atoms with Gasteiger partial charge >= 0.3 is 0 Å². The molecule has 1 saturated carbocycles. The Morgan fingerprint density at radius 1 is 1.20 bits per heavy atom. The number of aromatic nitrogens is 1. The largest absolute Gasteiger partial charge is 0.316 e. The second kappa shape index (κ2) is 5.86. The van der Waals surface area contributed by atoms with Crippen LogP contribution >= 0.6 is 0 Å². The Morgan fingerprint density at radius 3 is 2.67 bits per heavy atom. The van der Waals surface area contributed by atoms with Crippen LogP contribution in [-0.4, -0.2) is 18.1 Å². The summed E-state index contributed by atoms with van der Waals surface area (Å²) in [7, 11) is 0. The van der Waals surface area contributed by atoms with E-state index in [1.54, 1.807) is 0 Å². The van der Waals surface area contributed by atoms with E-state index in [4.69, 9.17) is 0 Å². The second-order valence-electron chi connectivity index (χ2n) is 4.44. The van der Waals surface area contributed by atoms with Gasteiger partial charge in [0.1, 0.15) is 0 Å². The maximum atomic E-state index is 4.01. The first-order valence-corrected chi connectivity index (χ1v) is 6.05. The average molecular weight is 204 g/mol. The molecule has 0 unspecified atom stereocenters. The van der Waals surface area contributed by atoms with E-state index in [2.05, 4.69) is 22.4 Å². The molecule has 1 aromatic rings. The van der Waals surface area contributed by atoms with Crippen LogP contribution in [0.25, 0.3) is 0 Å². The number of nitrogens with one attached hydrogen (secondary N) is 1. The van der Waals surface area contributed by atoms with Crippen LogP contribution in [0.15, 0.2) is 24.5 Å². The zero-order valence-electron chi connectivity index (χ0n) is 9.28. The van der Waals surface area contributed by atoms with Crippen molar-refractivity contribution in [3.05, 3.63) is 30.1 Å². The average Bonchev–Trinajstić information content (AvgIpc) is 2.22. The Bertz CT molecular complexity index is 267. The minimum atomic E-state index is 1.03. The molecule has 15 heavy (non-hydrogen) atoms. The van der Waals surface area contributed by atoms with E-state index in [-0.39, 0.29) is 0 Å². The molecule has 2 heteroatoms. The smallest absolute Gasteiger partial charge is 0.0270 e. The monoisotopic (exact) mass is 204 g/mol. The maximum Gasteiger partial charge on any atom is 0.0270 e. The fourth-order valence-corrected chi connectivity index (χ4v) is 1.99. The lowest BCUT2D eigenvalue weighted by molar-refractivity contribution is 0.292. The number of hydrogen-bond acceptors (Lipinski definition) is 2. The molecular formula is C13H20N2. The summed E-state index contributed by atoms with van der Waals surface area (Å²) in [5, 5.41) is 3.51. The maximum absolute atomic E-state index is 4.01. The molecule has 1 heterocycles. The van der Waals surface area contributed by atoms with E-state index >= 15 is 0 Å². The summed E-state index contributed by atoms with van der Waals surface area (Å²) in [4.78, 5) is 4.01. The van der Waals surface area contributed by atoms with Gasteiger partial charge in [-0.2, -0.15) is 0 Å². The molecule has 0 aliphatic heterocycles. The lowest BCUT2D eigenvalue weighted by Crippen LogP contribution is -2.23. The van der Waals surface area contributed by atoms with Crippen LogP contribution in [0.3, 0.4) is 0 Å². The molecule has 1 N–H and O–H groups in total. The van der Waals surface area contributed by atoms with Crippen molar-refractivity contribution in [2.24, 2.45) is 5.92 Å². The van der Waals surface area contributed by atoms with E-state index in [1.165, 1.54) is 37.8 Å². The second-order valence-corrected chi connectivity index (χ2v) is 4.44. The van der Waals surface area contributed by atoms with Gasteiger partial charge in [0.15, 0.2) is 0 Å². The minimum Gasteiger partial charge on any atom is -0.316 e. The first-order valence-electron chi connectivity index (χ1n) is 6.05. The molecule has 0 bridgehead atoms. The van der Waals surface area contributed by atoms with Crippen molar-refractivity contribution in [2.45, 2.75) is 32.1 Å². The molecule has 0 amide bonds. The summed E-state index contributed by atoms with van der Waals surface area (Å²) < 4.78 is 0. The topological polar surface area (TPSA) is 24.9 Å². The molecule has 2 rings (SSSR count). The van der Waals surface area contributed by atoms with Gasteiger partial charge in [-0.3, -0.25) is 4.98 Å². The van der Waals surface area contributed by atoms with Gasteiger partial charge in [-0.25, -0.2) is 0 Å². The summed E-state index contributed by atoms with van der Waals surface area (Å²) >= 11 is 0. The van der Waals surface area contributed by atoms with Crippen LogP contribution in [0.4, 0.5) is 0 Å². The van der Waals surface area contributed by atoms with Crippen LogP contribution in [0.5, 0.6) is 0 Å². The summed E-state index contributed by atoms with van der Waals surface area (Å²) in [6.45, 7) is 2.28. The molecular weight excluding hydrogens is 184 g/mol. The minimum absolute atomic E-state index is 1.03. The Balaban J connectivity index is 1.51. The summed E-state index contributed by atoms with van der Waals surface area (Å²) in [6.07, 6.45) is 10.6. The van der Waals surface area contributed by atoms with Gasteiger partial charge in [-0.05, 0) is 49.5 Å². The SMILES string of the molecule is c1cc(CCNCCC2CCC2)ccn1. The fraction of sp³-hybridized carbons (Fsp3) is 0.615. The predicted molar refractivity (Wildman–Crippen MR) is 62.8 cm³/mol. The van der Waals surface area contributed by atoms with Crippen molar-refractivity contribution in [3.63, 3.8) is 0 Å². The lowest BCUT2D eigenvalue weighted by Gasteiger charge is -2.25. The highest BCUT2D eigenvalue weighted by atomic mass is 14.8. The van der Waals surface area contributed by atoms with E-state index in [9.17, 15) is 0 Å². The van der Waals surface area contributed by atoms with Crippen molar-refractivity contribution in [1.29, 1.82) is 0 Å². The summed E-state index contributed by atoms with van der Waals surface area (Å²) in [5.41, 5.74) is 1.38. The third-order valence-electron chi connectivity index (χ3n) is 3.29. The Morgan fingerprint density at radius 2 is 2.00 bits per heavy atom. The lowest BCUT2D eigenvalue weighted by atomic mass is 9.83. The van der Waals surface area contributed by atoms with Crippen LogP contribution in [0, 0.1) is 5.92 Å². The summed E-state index contributed by atoms with van der Waals surface area (Å²) in [6, 6.07) is 4.18. The highest BCUT2D eigenvalue weighted by molar-refractivity contribution is 5.09. The van der Waals surface area contributed by atoms with Crippen LogP contribution in [0.1, 0.15) is 31.2 Å². The Hall–Kier alpha value is -0.890. The van der Waals surface area contributed by atoms with E-state index in [1.807, 2.05) is 12.4 Å². The summed E-state index contributed by atoms with van der Waals surface area (Å²) in [5.74, 6) is 1.03. The van der Waals surface area contributed by atoms with Crippen molar-refractivity contribution >= 4 is 0 Å². The zero-order valence-corrected chi connectivity index (χ0v) is 9.28. The van der Waals surface area contributed by atoms with Crippen LogP contribution in [-0.2, 0) is 6.42 Å². The van der Waals surface area contributed by atoms with Crippen LogP contribution in [0.2, 0.25) is 0 Å². The predicted octanol–water partition coefficient (Wildman–Crippen LogP) is 2.40. The van der Waals surface area contributed by atoms with Crippen molar-refractivity contribution in [2.75, 3.05) is 13.1 Å². The molecule has 1 aromatic heterocycles. The highest BCUT2D eigenvalue weighted by Gasteiger charge is 2.15. The van der Waals surface area contributed by atoms with Gasteiger partial charge in [0.25, 0.3) is 0 Å². The van der Waals surface area contributed by atoms with Gasteiger partial charge in [-0.1, -0.05) is 19.3 Å². The number of pyridine rings is 1. The molecule has 2 nitrogen and oxygen atoms in total. The van der Waals surface area contributed by atoms with Gasteiger partial charge in [0.05, 0.1) is 0 Å². The van der Waals surface area contributed by atoms with E-state index < -0.39 is 0 Å². The number of hydrogen-bond donors (Lipinski definition) is 1. The molecule has 0 atom stereocenters. The van der Waals surface area contributed by atoms with Crippen LogP contribution < -0.4 is 5.32 Å². The third kappa shape index (κ3) is 3.63. The van der Waals surface area contributed by atoms with Gasteiger partial charge < -0.3 is 5.32 Å². The first kappa shape index (κ1) is 10.6. The van der Waals surface area contributed by atoms with E-state index in [0.29, 0.717) is 0 Å². The van der Waals surface area contributed by atoms with Crippen molar-refractivity contribution in [1.82, 2.24) is 10.3 Å². The molecule has 82 valence electrons. The van der Waals surface area contributed by atoms with Crippen molar-refractivity contribution in [3.8, 4) is 0 Å². The molecule has 0 saturated heterocycles. The van der Waals surface area contributed by atoms with Gasteiger partial charge in [0.2, 0.25) is 0 Å². The molecule has 0 radical (unpaired) electrons. The molecule has 0 spiro atoms. The van der Waals surface area contributed by atoms with E-state index in [0.717, 1.165) is 18.9 Å². The zero-order chi connectivity index (χ0) is 10.3. The number of rotatable bonds is 6. The fourth-order valence-electron chi connectivity index (χ4n) is 1.99. The highest BCUT2D eigenvalue weighted by Crippen LogP contribution is 2.28. The Labute approximate surface area is 92.1 Å². The van der Waals surface area contributed by atoms with Gasteiger partial charge in [-0.15, -0.1) is 0 Å². The molecule has 0 aromatic carbocycles. The Kier molecular flexibility index (Phi) is 4.15. The number of nitrogens with zero attached hydrogens (tertiary/aromatic N) is 1. The van der Waals surface area contributed by atoms with Gasteiger partial charge in [0, 0.05) is 12.4 Å². The van der Waals surface area contributed by atoms with Crippen molar-refractivity contribution < 1.29 is 0 Å².